The maximum atomic E-state index is 11.7. The monoisotopic (exact) mass is 294 g/mol. The average Bonchev–Trinajstić information content (AvgIpc) is 2.80. The second kappa shape index (κ2) is 7.67. The molecule has 5 heteroatoms. The fraction of sp³-hybridized carbons (Fsp3) is 0.533. The van der Waals surface area contributed by atoms with E-state index >= 15 is 0 Å². The van der Waals surface area contributed by atoms with E-state index in [1.165, 1.54) is 10.5 Å². The first-order valence-electron chi connectivity index (χ1n) is 6.88. The van der Waals surface area contributed by atoms with Crippen LogP contribution in [0.1, 0.15) is 5.56 Å². The minimum absolute atomic E-state index is 0.0602. The molecule has 2 rings (SSSR count). The Bertz CT molecular complexity index is 428. The molecule has 0 radical (unpaired) electrons. The lowest BCUT2D eigenvalue weighted by atomic mass is 10.1. The number of likely N-dealkylation sites (N-methyl/N-ethyl adjacent to an activating group) is 1. The van der Waals surface area contributed by atoms with Gasteiger partial charge in [0.25, 0.3) is 0 Å². The van der Waals surface area contributed by atoms with Crippen molar-refractivity contribution in [2.45, 2.75) is 16.6 Å². The van der Waals surface area contributed by atoms with Crippen LogP contribution >= 0.6 is 11.8 Å². The standard InChI is InChI=1S/C15H22N2O2S/c1-17(11-15(18)16-7-8-19-2)10-13-9-12-5-3-4-6-14(12)20-13/h3-6,13H,7-11H2,1-2H3,(H,16,18). The van der Waals surface area contributed by atoms with Gasteiger partial charge in [0, 0.05) is 30.3 Å². The number of methoxy groups -OCH3 is 1. The van der Waals surface area contributed by atoms with Crippen LogP contribution in [-0.2, 0) is 16.0 Å². The Balaban J connectivity index is 1.71. The summed E-state index contributed by atoms with van der Waals surface area (Å²) >= 11 is 1.92. The van der Waals surface area contributed by atoms with E-state index in [0.29, 0.717) is 24.9 Å². The van der Waals surface area contributed by atoms with Crippen molar-refractivity contribution < 1.29 is 9.53 Å². The van der Waals surface area contributed by atoms with E-state index in [-0.39, 0.29) is 5.91 Å². The number of benzene rings is 1. The van der Waals surface area contributed by atoms with E-state index in [1.54, 1.807) is 7.11 Å². The van der Waals surface area contributed by atoms with Crippen LogP contribution in [-0.4, -0.2) is 56.5 Å². The van der Waals surface area contributed by atoms with Gasteiger partial charge < -0.3 is 10.1 Å². The van der Waals surface area contributed by atoms with Gasteiger partial charge in [-0.3, -0.25) is 9.69 Å². The highest BCUT2D eigenvalue weighted by Gasteiger charge is 2.23. The molecule has 1 heterocycles. The third-order valence-corrected chi connectivity index (χ3v) is 4.57. The molecule has 0 bridgehead atoms. The van der Waals surface area contributed by atoms with E-state index in [4.69, 9.17) is 4.74 Å². The normalized spacial score (nSPS) is 17.2. The van der Waals surface area contributed by atoms with Gasteiger partial charge in [-0.15, -0.1) is 11.8 Å². The van der Waals surface area contributed by atoms with E-state index in [2.05, 4.69) is 34.5 Å². The fourth-order valence-corrected chi connectivity index (χ4v) is 3.77. The number of ether oxygens (including phenoxy) is 1. The maximum absolute atomic E-state index is 11.7. The predicted molar refractivity (Wildman–Crippen MR) is 82.2 cm³/mol. The number of fused-ring (bicyclic) bond motifs is 1. The van der Waals surface area contributed by atoms with E-state index < -0.39 is 0 Å². The Hall–Kier alpha value is -1.04. The lowest BCUT2D eigenvalue weighted by molar-refractivity contribution is -0.122. The maximum Gasteiger partial charge on any atom is 0.234 e. The van der Waals surface area contributed by atoms with Crippen LogP contribution < -0.4 is 5.32 Å². The van der Waals surface area contributed by atoms with Gasteiger partial charge in [-0.2, -0.15) is 0 Å². The van der Waals surface area contributed by atoms with Crippen molar-refractivity contribution >= 4 is 17.7 Å². The van der Waals surface area contributed by atoms with Crippen LogP contribution in [0, 0.1) is 0 Å². The number of hydrogen-bond acceptors (Lipinski definition) is 4. The minimum atomic E-state index is 0.0602. The quantitative estimate of drug-likeness (QED) is 0.772. The SMILES string of the molecule is COCCNC(=O)CN(C)CC1Cc2ccccc2S1. The summed E-state index contributed by atoms with van der Waals surface area (Å²) in [5, 5.41) is 3.39. The van der Waals surface area contributed by atoms with Crippen molar-refractivity contribution in [2.75, 3.05) is 40.4 Å². The summed E-state index contributed by atoms with van der Waals surface area (Å²) in [6, 6.07) is 8.55. The number of nitrogens with one attached hydrogen (secondary N) is 1. The summed E-state index contributed by atoms with van der Waals surface area (Å²) in [7, 11) is 3.63. The van der Waals surface area contributed by atoms with Gasteiger partial charge in [-0.25, -0.2) is 0 Å². The van der Waals surface area contributed by atoms with Gasteiger partial charge in [0.15, 0.2) is 0 Å². The van der Waals surface area contributed by atoms with E-state index in [1.807, 2.05) is 18.8 Å². The van der Waals surface area contributed by atoms with Crippen LogP contribution in [0.3, 0.4) is 0 Å². The average molecular weight is 294 g/mol. The Kier molecular flexibility index (Phi) is 5.88. The van der Waals surface area contributed by atoms with Gasteiger partial charge in [0.2, 0.25) is 5.91 Å². The molecule has 0 aromatic heterocycles. The van der Waals surface area contributed by atoms with E-state index in [0.717, 1.165) is 13.0 Å². The molecular weight excluding hydrogens is 272 g/mol. The Morgan fingerprint density at radius 3 is 3.05 bits per heavy atom. The highest BCUT2D eigenvalue weighted by atomic mass is 32.2. The number of carbonyl (C=O) groups is 1. The van der Waals surface area contributed by atoms with Crippen LogP contribution in [0.25, 0.3) is 0 Å². The van der Waals surface area contributed by atoms with Crippen LogP contribution in [0.2, 0.25) is 0 Å². The highest BCUT2D eigenvalue weighted by Crippen LogP contribution is 2.36. The van der Waals surface area contributed by atoms with Gasteiger partial charge in [-0.05, 0) is 25.1 Å². The Morgan fingerprint density at radius 2 is 2.30 bits per heavy atom. The topological polar surface area (TPSA) is 41.6 Å². The second-order valence-electron chi connectivity index (χ2n) is 5.09. The van der Waals surface area contributed by atoms with Crippen molar-refractivity contribution in [1.29, 1.82) is 0 Å². The molecule has 0 saturated carbocycles. The molecule has 1 atom stereocenters. The number of amides is 1. The number of nitrogens with zero attached hydrogens (tertiary/aromatic N) is 1. The molecule has 1 aliphatic rings. The van der Waals surface area contributed by atoms with Gasteiger partial charge >= 0.3 is 0 Å². The van der Waals surface area contributed by atoms with E-state index in [9.17, 15) is 4.79 Å². The molecule has 1 aromatic carbocycles. The molecule has 110 valence electrons. The van der Waals surface area contributed by atoms with Gasteiger partial charge in [0.05, 0.1) is 13.2 Å². The molecule has 1 aromatic rings. The van der Waals surface area contributed by atoms with Gasteiger partial charge in [-0.1, -0.05) is 18.2 Å². The van der Waals surface area contributed by atoms with Crippen molar-refractivity contribution in [3.05, 3.63) is 29.8 Å². The summed E-state index contributed by atoms with van der Waals surface area (Å²) in [5.41, 5.74) is 1.43. The molecule has 0 spiro atoms. The first-order valence-corrected chi connectivity index (χ1v) is 7.75. The molecule has 1 unspecified atom stereocenters. The highest BCUT2D eigenvalue weighted by molar-refractivity contribution is 8.00. The van der Waals surface area contributed by atoms with Crippen molar-refractivity contribution in [3.63, 3.8) is 0 Å². The first-order chi connectivity index (χ1) is 9.69. The second-order valence-corrected chi connectivity index (χ2v) is 6.43. The molecule has 20 heavy (non-hydrogen) atoms. The molecule has 0 aliphatic carbocycles. The summed E-state index contributed by atoms with van der Waals surface area (Å²) in [6.45, 7) is 2.50. The van der Waals surface area contributed by atoms with Crippen LogP contribution in [0.4, 0.5) is 0 Å². The molecule has 4 nitrogen and oxygen atoms in total. The number of hydrogen-bond donors (Lipinski definition) is 1. The Morgan fingerprint density at radius 1 is 1.50 bits per heavy atom. The zero-order valence-corrected chi connectivity index (χ0v) is 12.9. The van der Waals surface area contributed by atoms with Crippen LogP contribution in [0.15, 0.2) is 29.2 Å². The van der Waals surface area contributed by atoms with Crippen molar-refractivity contribution in [1.82, 2.24) is 10.2 Å². The Labute approximate surface area is 124 Å². The van der Waals surface area contributed by atoms with Crippen molar-refractivity contribution in [2.24, 2.45) is 0 Å². The zero-order chi connectivity index (χ0) is 14.4. The molecule has 0 saturated heterocycles. The molecular formula is C15H22N2O2S. The lowest BCUT2D eigenvalue weighted by Crippen LogP contribution is -2.39. The summed E-state index contributed by atoms with van der Waals surface area (Å²) < 4.78 is 4.91. The summed E-state index contributed by atoms with van der Waals surface area (Å²) in [5.74, 6) is 0.0602. The molecule has 1 N–H and O–H groups in total. The lowest BCUT2D eigenvalue weighted by Gasteiger charge is -2.19. The largest absolute Gasteiger partial charge is 0.383 e. The molecule has 1 amide bonds. The molecule has 0 fully saturated rings. The minimum Gasteiger partial charge on any atom is -0.383 e. The predicted octanol–water partition coefficient (Wildman–Crippen LogP) is 1.40. The number of rotatable bonds is 7. The smallest absolute Gasteiger partial charge is 0.234 e. The number of carbonyl (C=O) groups excluding carboxylic acids is 1. The van der Waals surface area contributed by atoms with Crippen molar-refractivity contribution in [3.8, 4) is 0 Å². The summed E-state index contributed by atoms with van der Waals surface area (Å²) in [4.78, 5) is 15.2. The van der Waals surface area contributed by atoms with Crippen LogP contribution in [0.5, 0.6) is 0 Å². The zero-order valence-electron chi connectivity index (χ0n) is 12.1. The fourth-order valence-electron chi connectivity index (χ4n) is 2.36. The first kappa shape index (κ1) is 15.4. The molecule has 1 aliphatic heterocycles. The third-order valence-electron chi connectivity index (χ3n) is 3.27. The summed E-state index contributed by atoms with van der Waals surface area (Å²) in [6.07, 6.45) is 1.09. The third kappa shape index (κ3) is 4.51. The van der Waals surface area contributed by atoms with Gasteiger partial charge in [0.1, 0.15) is 0 Å². The number of thioether (sulfide) groups is 1.